The third kappa shape index (κ3) is 2.66. The van der Waals surface area contributed by atoms with Gasteiger partial charge in [0.05, 0.1) is 11.6 Å². The molecule has 1 aromatic carbocycles. The Labute approximate surface area is 124 Å². The van der Waals surface area contributed by atoms with Crippen molar-refractivity contribution in [2.24, 2.45) is 0 Å². The largest absolute Gasteiger partial charge is 0.312 e. The number of anilines is 1. The van der Waals surface area contributed by atoms with E-state index in [0.717, 1.165) is 35.9 Å². The van der Waals surface area contributed by atoms with Crippen molar-refractivity contribution >= 4 is 11.6 Å². The predicted molar refractivity (Wildman–Crippen MR) is 82.4 cm³/mol. The monoisotopic (exact) mass is 281 g/mol. The lowest BCUT2D eigenvalue weighted by Crippen LogP contribution is -2.26. The smallest absolute Gasteiger partial charge is 0.236 e. The lowest BCUT2D eigenvalue weighted by atomic mass is 10.0. The summed E-state index contributed by atoms with van der Waals surface area (Å²) in [5.41, 5.74) is 3.93. The Kier molecular flexibility index (Phi) is 3.45. The van der Waals surface area contributed by atoms with Gasteiger partial charge in [0.25, 0.3) is 0 Å². The molecule has 4 nitrogen and oxygen atoms in total. The van der Waals surface area contributed by atoms with Crippen LogP contribution >= 0.6 is 0 Å². The second kappa shape index (κ2) is 5.28. The molecular weight excluding hydrogens is 262 g/mol. The Hall–Kier alpha value is -2.23. The highest BCUT2D eigenvalue weighted by Crippen LogP contribution is 2.31. The van der Waals surface area contributed by atoms with E-state index in [0.29, 0.717) is 0 Å². The summed E-state index contributed by atoms with van der Waals surface area (Å²) in [5.74, 6) is 0.717. The molecule has 1 aliphatic rings. The highest BCUT2D eigenvalue weighted by atomic mass is 16.2. The summed E-state index contributed by atoms with van der Waals surface area (Å²) in [6.07, 6.45) is 0.808. The first kappa shape index (κ1) is 13.7. The predicted octanol–water partition coefficient (Wildman–Crippen LogP) is 2.92. The SMILES string of the molecule is Cc1ccc(N2CCC(c3cc(C)nc(C)n3)C2=O)cc1. The van der Waals surface area contributed by atoms with Gasteiger partial charge in [-0.3, -0.25) is 4.79 Å². The third-order valence-corrected chi connectivity index (χ3v) is 3.89. The number of benzene rings is 1. The maximum Gasteiger partial charge on any atom is 0.236 e. The van der Waals surface area contributed by atoms with Crippen molar-refractivity contribution < 1.29 is 4.79 Å². The maximum atomic E-state index is 12.7. The average Bonchev–Trinajstić information content (AvgIpc) is 2.80. The molecule has 1 amide bonds. The fourth-order valence-electron chi connectivity index (χ4n) is 2.86. The Balaban J connectivity index is 1.87. The first-order valence-electron chi connectivity index (χ1n) is 7.25. The molecule has 0 spiro atoms. The van der Waals surface area contributed by atoms with Crippen molar-refractivity contribution in [2.75, 3.05) is 11.4 Å². The van der Waals surface area contributed by atoms with Gasteiger partial charge in [0, 0.05) is 17.9 Å². The highest BCUT2D eigenvalue weighted by Gasteiger charge is 2.34. The van der Waals surface area contributed by atoms with Crippen LogP contribution in [-0.4, -0.2) is 22.4 Å². The van der Waals surface area contributed by atoms with Crippen LogP contribution < -0.4 is 4.90 Å². The van der Waals surface area contributed by atoms with E-state index in [1.54, 1.807) is 0 Å². The molecule has 2 heterocycles. The Morgan fingerprint density at radius 2 is 1.81 bits per heavy atom. The maximum absolute atomic E-state index is 12.7. The van der Waals surface area contributed by atoms with Gasteiger partial charge in [-0.1, -0.05) is 17.7 Å². The van der Waals surface area contributed by atoms with Crippen LogP contribution in [0.4, 0.5) is 5.69 Å². The molecule has 0 saturated carbocycles. The number of hydrogen-bond donors (Lipinski definition) is 0. The van der Waals surface area contributed by atoms with Gasteiger partial charge in [0.2, 0.25) is 5.91 Å². The summed E-state index contributed by atoms with van der Waals surface area (Å²) >= 11 is 0. The molecule has 1 aromatic heterocycles. The van der Waals surface area contributed by atoms with Crippen molar-refractivity contribution in [3.63, 3.8) is 0 Å². The normalized spacial score (nSPS) is 18.3. The Morgan fingerprint density at radius 1 is 1.10 bits per heavy atom. The fraction of sp³-hybridized carbons (Fsp3) is 0.353. The van der Waals surface area contributed by atoms with Crippen molar-refractivity contribution in [3.8, 4) is 0 Å². The number of nitrogens with zero attached hydrogens (tertiary/aromatic N) is 3. The topological polar surface area (TPSA) is 46.1 Å². The van der Waals surface area contributed by atoms with Crippen LogP contribution in [0.3, 0.4) is 0 Å². The summed E-state index contributed by atoms with van der Waals surface area (Å²) in [6.45, 7) is 6.60. The standard InChI is InChI=1S/C17H19N3O/c1-11-4-6-14(7-5-11)20-9-8-15(17(20)21)16-10-12(2)18-13(3)19-16/h4-7,10,15H,8-9H2,1-3H3. The van der Waals surface area contributed by atoms with E-state index < -0.39 is 0 Å². The zero-order valence-corrected chi connectivity index (χ0v) is 12.6. The van der Waals surface area contributed by atoms with E-state index >= 15 is 0 Å². The van der Waals surface area contributed by atoms with Crippen LogP contribution in [0.2, 0.25) is 0 Å². The Morgan fingerprint density at radius 3 is 2.48 bits per heavy atom. The summed E-state index contributed by atoms with van der Waals surface area (Å²) in [6, 6.07) is 10.0. The van der Waals surface area contributed by atoms with Crippen molar-refractivity contribution in [1.29, 1.82) is 0 Å². The van der Waals surface area contributed by atoms with Gasteiger partial charge in [-0.25, -0.2) is 9.97 Å². The van der Waals surface area contributed by atoms with Gasteiger partial charge in [-0.15, -0.1) is 0 Å². The molecule has 0 radical (unpaired) electrons. The second-order valence-electron chi connectivity index (χ2n) is 5.65. The minimum atomic E-state index is -0.147. The zero-order chi connectivity index (χ0) is 15.0. The molecule has 1 fully saturated rings. The van der Waals surface area contributed by atoms with Crippen LogP contribution in [-0.2, 0) is 4.79 Å². The van der Waals surface area contributed by atoms with E-state index in [2.05, 4.69) is 9.97 Å². The molecule has 1 aliphatic heterocycles. The van der Waals surface area contributed by atoms with Crippen molar-refractivity contribution in [2.45, 2.75) is 33.1 Å². The molecule has 21 heavy (non-hydrogen) atoms. The molecule has 108 valence electrons. The molecule has 0 bridgehead atoms. The minimum Gasteiger partial charge on any atom is -0.312 e. The lowest BCUT2D eigenvalue weighted by Gasteiger charge is -2.17. The molecule has 1 atom stereocenters. The zero-order valence-electron chi connectivity index (χ0n) is 12.6. The molecule has 2 aromatic rings. The molecule has 3 rings (SSSR count). The molecule has 0 aliphatic carbocycles. The molecule has 4 heteroatoms. The van der Waals surface area contributed by atoms with Gasteiger partial charge in [0.15, 0.2) is 0 Å². The summed E-state index contributed by atoms with van der Waals surface area (Å²) < 4.78 is 0. The quantitative estimate of drug-likeness (QED) is 0.850. The average molecular weight is 281 g/mol. The fourth-order valence-corrected chi connectivity index (χ4v) is 2.86. The van der Waals surface area contributed by atoms with E-state index in [4.69, 9.17) is 0 Å². The molecular formula is C17H19N3O. The van der Waals surface area contributed by atoms with Crippen LogP contribution in [0.25, 0.3) is 0 Å². The molecule has 1 saturated heterocycles. The van der Waals surface area contributed by atoms with Crippen molar-refractivity contribution in [3.05, 3.63) is 53.1 Å². The number of carbonyl (C=O) groups excluding carboxylic acids is 1. The Bertz CT molecular complexity index is 659. The number of carbonyl (C=O) groups is 1. The highest BCUT2D eigenvalue weighted by molar-refractivity contribution is 6.00. The van der Waals surface area contributed by atoms with Gasteiger partial charge in [0.1, 0.15) is 5.82 Å². The lowest BCUT2D eigenvalue weighted by molar-refractivity contribution is -0.118. The van der Waals surface area contributed by atoms with E-state index in [9.17, 15) is 4.79 Å². The van der Waals surface area contributed by atoms with Crippen LogP contribution in [0.5, 0.6) is 0 Å². The number of aromatic nitrogens is 2. The molecule has 0 N–H and O–H groups in total. The minimum absolute atomic E-state index is 0.136. The van der Waals surface area contributed by atoms with E-state index in [-0.39, 0.29) is 11.8 Å². The van der Waals surface area contributed by atoms with E-state index in [1.165, 1.54) is 5.56 Å². The van der Waals surface area contributed by atoms with Gasteiger partial charge < -0.3 is 4.90 Å². The molecule has 1 unspecified atom stereocenters. The summed E-state index contributed by atoms with van der Waals surface area (Å²) in [5, 5.41) is 0. The van der Waals surface area contributed by atoms with Crippen molar-refractivity contribution in [1.82, 2.24) is 9.97 Å². The third-order valence-electron chi connectivity index (χ3n) is 3.89. The number of amides is 1. The van der Waals surface area contributed by atoms with E-state index in [1.807, 2.05) is 56.0 Å². The van der Waals surface area contributed by atoms with Crippen LogP contribution in [0, 0.1) is 20.8 Å². The summed E-state index contributed by atoms with van der Waals surface area (Å²) in [7, 11) is 0. The first-order valence-corrected chi connectivity index (χ1v) is 7.25. The summed E-state index contributed by atoms with van der Waals surface area (Å²) in [4.78, 5) is 23.3. The number of rotatable bonds is 2. The van der Waals surface area contributed by atoms with Crippen LogP contribution in [0.1, 0.15) is 35.1 Å². The van der Waals surface area contributed by atoms with Gasteiger partial charge >= 0.3 is 0 Å². The number of hydrogen-bond acceptors (Lipinski definition) is 3. The number of aryl methyl sites for hydroxylation is 3. The second-order valence-corrected chi connectivity index (χ2v) is 5.65. The first-order chi connectivity index (χ1) is 10.0. The van der Waals surface area contributed by atoms with Gasteiger partial charge in [-0.05, 0) is 45.4 Å². The van der Waals surface area contributed by atoms with Gasteiger partial charge in [-0.2, -0.15) is 0 Å². The van der Waals surface area contributed by atoms with Crippen LogP contribution in [0.15, 0.2) is 30.3 Å².